The van der Waals surface area contributed by atoms with Gasteiger partial charge in [-0.2, -0.15) is 0 Å². The second-order valence-electron chi connectivity index (χ2n) is 3.65. The number of hydrogen-bond acceptors (Lipinski definition) is 4. The van der Waals surface area contributed by atoms with Crippen molar-refractivity contribution in [2.45, 2.75) is 13.0 Å². The van der Waals surface area contributed by atoms with E-state index < -0.39 is 0 Å². The second kappa shape index (κ2) is 6.00. The minimum absolute atomic E-state index is 0.162. The van der Waals surface area contributed by atoms with Crippen molar-refractivity contribution in [3.63, 3.8) is 0 Å². The Morgan fingerprint density at radius 2 is 2.29 bits per heavy atom. The second-order valence-corrected chi connectivity index (χ2v) is 4.78. The van der Waals surface area contributed by atoms with Crippen LogP contribution in [0.3, 0.4) is 0 Å². The molecule has 0 aliphatic rings. The number of aromatic hydroxyl groups is 1. The van der Waals surface area contributed by atoms with E-state index >= 15 is 0 Å². The van der Waals surface area contributed by atoms with Gasteiger partial charge >= 0.3 is 0 Å². The lowest BCUT2D eigenvalue weighted by molar-refractivity contribution is 0.465. The van der Waals surface area contributed by atoms with Crippen LogP contribution in [-0.2, 0) is 13.0 Å². The number of halogens is 1. The lowest BCUT2D eigenvalue weighted by Gasteiger charge is -2.07. The smallest absolute Gasteiger partial charge is 0.138 e. The summed E-state index contributed by atoms with van der Waals surface area (Å²) in [6.45, 7) is 1.44. The van der Waals surface area contributed by atoms with Gasteiger partial charge in [0.2, 0.25) is 0 Å². The van der Waals surface area contributed by atoms with Gasteiger partial charge in [-0.25, -0.2) is 4.98 Å². The Morgan fingerprint density at radius 1 is 1.41 bits per heavy atom. The van der Waals surface area contributed by atoms with E-state index in [2.05, 4.69) is 10.3 Å². The van der Waals surface area contributed by atoms with Crippen LogP contribution in [0.25, 0.3) is 0 Å². The number of nitrogens with zero attached hydrogens (tertiary/aromatic N) is 1. The summed E-state index contributed by atoms with van der Waals surface area (Å²) in [5, 5.41) is 15.4. The van der Waals surface area contributed by atoms with E-state index in [0.717, 1.165) is 24.2 Å². The zero-order chi connectivity index (χ0) is 12.1. The summed E-state index contributed by atoms with van der Waals surface area (Å²) in [4.78, 5) is 4.20. The van der Waals surface area contributed by atoms with Crippen molar-refractivity contribution in [2.75, 3.05) is 6.54 Å². The van der Waals surface area contributed by atoms with Gasteiger partial charge in [0, 0.05) is 30.5 Å². The van der Waals surface area contributed by atoms with Gasteiger partial charge in [-0.3, -0.25) is 0 Å². The molecule has 0 aliphatic heterocycles. The maximum Gasteiger partial charge on any atom is 0.138 e. The zero-order valence-corrected chi connectivity index (χ0v) is 10.8. The molecular weight excluding hydrogens is 256 g/mol. The van der Waals surface area contributed by atoms with Gasteiger partial charge in [0.05, 0.1) is 16.2 Å². The molecular formula is C12H13ClN2OS. The zero-order valence-electron chi connectivity index (χ0n) is 9.19. The maximum atomic E-state index is 9.70. The standard InChI is InChI=1S/C12H13ClN2OS/c13-11-3-1-2-9(12(11)16)6-14-5-4-10-7-17-8-15-10/h1-3,7-8,14,16H,4-6H2. The molecule has 0 radical (unpaired) electrons. The first-order chi connectivity index (χ1) is 8.27. The van der Waals surface area contributed by atoms with Crippen molar-refractivity contribution in [3.05, 3.63) is 45.4 Å². The first-order valence-electron chi connectivity index (χ1n) is 5.31. The number of hydrogen-bond donors (Lipinski definition) is 2. The molecule has 0 unspecified atom stereocenters. The van der Waals surface area contributed by atoms with Crippen molar-refractivity contribution in [1.29, 1.82) is 0 Å². The maximum absolute atomic E-state index is 9.70. The van der Waals surface area contributed by atoms with Crippen molar-refractivity contribution in [2.24, 2.45) is 0 Å². The van der Waals surface area contributed by atoms with E-state index in [9.17, 15) is 5.11 Å². The van der Waals surface area contributed by atoms with Crippen LogP contribution in [0.15, 0.2) is 29.1 Å². The average molecular weight is 269 g/mol. The monoisotopic (exact) mass is 268 g/mol. The molecule has 1 aromatic carbocycles. The number of benzene rings is 1. The number of thiazole rings is 1. The molecule has 2 rings (SSSR count). The SMILES string of the molecule is Oc1c(Cl)cccc1CNCCc1cscn1. The number of para-hydroxylation sites is 1. The topological polar surface area (TPSA) is 45.1 Å². The molecule has 2 N–H and O–H groups in total. The summed E-state index contributed by atoms with van der Waals surface area (Å²) >= 11 is 7.42. The minimum atomic E-state index is 0.162. The molecule has 90 valence electrons. The van der Waals surface area contributed by atoms with Crippen LogP contribution in [0.5, 0.6) is 5.75 Å². The Labute approximate surface area is 109 Å². The van der Waals surface area contributed by atoms with Crippen molar-refractivity contribution in [3.8, 4) is 5.75 Å². The molecule has 0 spiro atoms. The highest BCUT2D eigenvalue weighted by molar-refractivity contribution is 7.07. The Morgan fingerprint density at radius 3 is 3.06 bits per heavy atom. The molecule has 0 amide bonds. The normalized spacial score (nSPS) is 10.6. The average Bonchev–Trinajstić information content (AvgIpc) is 2.83. The summed E-state index contributed by atoms with van der Waals surface area (Å²) in [7, 11) is 0. The summed E-state index contributed by atoms with van der Waals surface area (Å²) in [6, 6.07) is 5.37. The predicted octanol–water partition coefficient (Wildman–Crippen LogP) is 2.83. The van der Waals surface area contributed by atoms with Crippen LogP contribution in [0.2, 0.25) is 5.02 Å². The Bertz CT molecular complexity index is 473. The Kier molecular flexibility index (Phi) is 4.36. The largest absolute Gasteiger partial charge is 0.506 e. The van der Waals surface area contributed by atoms with Gasteiger partial charge < -0.3 is 10.4 Å². The lowest BCUT2D eigenvalue weighted by atomic mass is 10.2. The van der Waals surface area contributed by atoms with E-state index in [4.69, 9.17) is 11.6 Å². The van der Waals surface area contributed by atoms with Crippen LogP contribution in [0.1, 0.15) is 11.3 Å². The first-order valence-corrected chi connectivity index (χ1v) is 6.63. The van der Waals surface area contributed by atoms with E-state index in [1.165, 1.54) is 0 Å². The highest BCUT2D eigenvalue weighted by Gasteiger charge is 2.04. The predicted molar refractivity (Wildman–Crippen MR) is 70.6 cm³/mol. The molecule has 0 atom stereocenters. The third kappa shape index (κ3) is 3.43. The fourth-order valence-corrected chi connectivity index (χ4v) is 2.29. The quantitative estimate of drug-likeness (QED) is 0.820. The van der Waals surface area contributed by atoms with Gasteiger partial charge in [0.15, 0.2) is 0 Å². The van der Waals surface area contributed by atoms with Gasteiger partial charge in [-0.05, 0) is 6.07 Å². The van der Waals surface area contributed by atoms with E-state index in [0.29, 0.717) is 11.6 Å². The minimum Gasteiger partial charge on any atom is -0.506 e. The van der Waals surface area contributed by atoms with E-state index in [1.54, 1.807) is 17.4 Å². The van der Waals surface area contributed by atoms with Gasteiger partial charge in [0.25, 0.3) is 0 Å². The van der Waals surface area contributed by atoms with Crippen molar-refractivity contribution >= 4 is 22.9 Å². The molecule has 0 saturated carbocycles. The molecule has 3 nitrogen and oxygen atoms in total. The molecule has 0 bridgehead atoms. The Balaban J connectivity index is 1.80. The third-order valence-electron chi connectivity index (χ3n) is 2.43. The fourth-order valence-electron chi connectivity index (χ4n) is 1.50. The van der Waals surface area contributed by atoms with Crippen LogP contribution in [0, 0.1) is 0 Å². The summed E-state index contributed by atoms with van der Waals surface area (Å²) < 4.78 is 0. The summed E-state index contributed by atoms with van der Waals surface area (Å²) in [5.41, 5.74) is 3.74. The summed E-state index contributed by atoms with van der Waals surface area (Å²) in [5.74, 6) is 0.162. The van der Waals surface area contributed by atoms with Crippen LogP contribution < -0.4 is 5.32 Å². The van der Waals surface area contributed by atoms with Crippen LogP contribution in [0.4, 0.5) is 0 Å². The van der Waals surface area contributed by atoms with Gasteiger partial charge in [-0.15, -0.1) is 11.3 Å². The highest BCUT2D eigenvalue weighted by Crippen LogP contribution is 2.26. The van der Waals surface area contributed by atoms with Crippen LogP contribution in [-0.4, -0.2) is 16.6 Å². The molecule has 0 saturated heterocycles. The number of aromatic nitrogens is 1. The van der Waals surface area contributed by atoms with E-state index in [1.807, 2.05) is 23.0 Å². The van der Waals surface area contributed by atoms with Crippen molar-refractivity contribution in [1.82, 2.24) is 10.3 Å². The first kappa shape index (κ1) is 12.4. The molecule has 1 heterocycles. The lowest BCUT2D eigenvalue weighted by Crippen LogP contribution is -2.16. The number of phenolic OH excluding ortho intramolecular Hbond substituents is 1. The molecule has 5 heteroatoms. The van der Waals surface area contributed by atoms with Gasteiger partial charge in [-0.1, -0.05) is 23.7 Å². The molecule has 0 fully saturated rings. The number of phenols is 1. The highest BCUT2D eigenvalue weighted by atomic mass is 35.5. The van der Waals surface area contributed by atoms with Crippen LogP contribution >= 0.6 is 22.9 Å². The van der Waals surface area contributed by atoms with E-state index in [-0.39, 0.29) is 5.75 Å². The molecule has 17 heavy (non-hydrogen) atoms. The summed E-state index contributed by atoms with van der Waals surface area (Å²) in [6.07, 6.45) is 0.894. The molecule has 1 aromatic heterocycles. The molecule has 0 aliphatic carbocycles. The third-order valence-corrected chi connectivity index (χ3v) is 3.37. The molecule has 2 aromatic rings. The number of rotatable bonds is 5. The number of nitrogens with one attached hydrogen (secondary N) is 1. The fraction of sp³-hybridized carbons (Fsp3) is 0.250. The van der Waals surface area contributed by atoms with Crippen molar-refractivity contribution < 1.29 is 5.11 Å². The van der Waals surface area contributed by atoms with Gasteiger partial charge in [0.1, 0.15) is 5.75 Å². The Hall–Kier alpha value is -1.10.